The molecule has 1 rings (SSSR count). The molecular formula is C15H21NO6. The number of aliphatic hydroxyl groups is 1. The fourth-order valence-corrected chi connectivity index (χ4v) is 1.68. The number of phenolic OH excluding ortho intramolecular Hbond substituents is 1. The van der Waals surface area contributed by atoms with E-state index in [1.165, 1.54) is 25.3 Å². The number of hydrogen-bond acceptors (Lipinski definition) is 6. The molecule has 1 unspecified atom stereocenters. The summed E-state index contributed by atoms with van der Waals surface area (Å²) < 4.78 is 9.53. The SMILES string of the molecule is COC(=O)CC(O)c1ccc(NC(=O)OC(C)(C)C)cc1O. The summed E-state index contributed by atoms with van der Waals surface area (Å²) in [6, 6.07) is 4.16. The number of esters is 1. The maximum Gasteiger partial charge on any atom is 0.412 e. The maximum absolute atomic E-state index is 11.6. The Kier molecular flexibility index (Phi) is 5.76. The first-order chi connectivity index (χ1) is 10.1. The fourth-order valence-electron chi connectivity index (χ4n) is 1.68. The number of anilines is 1. The standard InChI is InChI=1S/C15H21NO6/c1-15(2,3)22-14(20)16-9-5-6-10(11(17)7-9)12(18)8-13(19)21-4/h5-7,12,17-18H,8H2,1-4H3,(H,16,20). The molecule has 0 aromatic heterocycles. The highest BCUT2D eigenvalue weighted by Crippen LogP contribution is 2.29. The van der Waals surface area contributed by atoms with Crippen LogP contribution >= 0.6 is 0 Å². The Hall–Kier alpha value is -2.28. The Morgan fingerprint density at radius 1 is 1.32 bits per heavy atom. The number of carbonyl (C=O) groups is 2. The number of carbonyl (C=O) groups excluding carboxylic acids is 2. The van der Waals surface area contributed by atoms with Crippen molar-refractivity contribution in [1.29, 1.82) is 0 Å². The van der Waals surface area contributed by atoms with Gasteiger partial charge >= 0.3 is 12.1 Å². The van der Waals surface area contributed by atoms with E-state index in [1.54, 1.807) is 20.8 Å². The minimum atomic E-state index is -1.19. The highest BCUT2D eigenvalue weighted by atomic mass is 16.6. The summed E-state index contributed by atoms with van der Waals surface area (Å²) in [5.74, 6) is -0.840. The lowest BCUT2D eigenvalue weighted by Crippen LogP contribution is -2.27. The molecule has 1 atom stereocenters. The third-order valence-electron chi connectivity index (χ3n) is 2.62. The van der Waals surface area contributed by atoms with Crippen LogP contribution in [0, 0.1) is 0 Å². The first kappa shape index (κ1) is 17.8. The van der Waals surface area contributed by atoms with Crippen LogP contribution in [-0.4, -0.2) is 35.0 Å². The van der Waals surface area contributed by atoms with Crippen LogP contribution in [0.4, 0.5) is 10.5 Å². The molecule has 0 spiro atoms. The Balaban J connectivity index is 2.77. The van der Waals surface area contributed by atoms with Crippen LogP contribution in [0.15, 0.2) is 18.2 Å². The summed E-state index contributed by atoms with van der Waals surface area (Å²) >= 11 is 0. The number of aliphatic hydroxyl groups excluding tert-OH is 1. The van der Waals surface area contributed by atoms with E-state index in [4.69, 9.17) is 4.74 Å². The van der Waals surface area contributed by atoms with Gasteiger partial charge in [-0.25, -0.2) is 4.79 Å². The topological polar surface area (TPSA) is 105 Å². The van der Waals surface area contributed by atoms with Gasteiger partial charge in [0.2, 0.25) is 0 Å². The van der Waals surface area contributed by atoms with E-state index >= 15 is 0 Å². The number of benzene rings is 1. The largest absolute Gasteiger partial charge is 0.507 e. The van der Waals surface area contributed by atoms with E-state index in [-0.39, 0.29) is 17.7 Å². The Labute approximate surface area is 128 Å². The van der Waals surface area contributed by atoms with Crippen molar-refractivity contribution in [3.63, 3.8) is 0 Å². The van der Waals surface area contributed by atoms with Crippen molar-refractivity contribution in [3.8, 4) is 5.75 Å². The molecule has 1 aromatic rings. The molecule has 0 bridgehead atoms. The van der Waals surface area contributed by atoms with Gasteiger partial charge in [0, 0.05) is 17.3 Å². The van der Waals surface area contributed by atoms with Gasteiger partial charge in [0.25, 0.3) is 0 Å². The molecule has 0 heterocycles. The third-order valence-corrected chi connectivity index (χ3v) is 2.62. The van der Waals surface area contributed by atoms with Crippen molar-refractivity contribution < 1.29 is 29.3 Å². The van der Waals surface area contributed by atoms with Crippen molar-refractivity contribution in [1.82, 2.24) is 0 Å². The molecule has 7 nitrogen and oxygen atoms in total. The predicted octanol–water partition coefficient (Wildman–Crippen LogP) is 2.34. The minimum Gasteiger partial charge on any atom is -0.507 e. The lowest BCUT2D eigenvalue weighted by molar-refractivity contribution is -0.142. The second kappa shape index (κ2) is 7.13. The Morgan fingerprint density at radius 2 is 1.95 bits per heavy atom. The minimum absolute atomic E-state index is 0.167. The van der Waals surface area contributed by atoms with Gasteiger partial charge in [-0.3, -0.25) is 10.1 Å². The molecule has 0 aliphatic rings. The molecule has 0 saturated carbocycles. The lowest BCUT2D eigenvalue weighted by Gasteiger charge is -2.20. The summed E-state index contributed by atoms with van der Waals surface area (Å²) in [6.07, 6.45) is -2.12. The molecule has 7 heteroatoms. The third kappa shape index (κ3) is 5.61. The first-order valence-corrected chi connectivity index (χ1v) is 6.70. The van der Waals surface area contributed by atoms with Gasteiger partial charge in [0.15, 0.2) is 0 Å². The number of nitrogens with one attached hydrogen (secondary N) is 1. The van der Waals surface area contributed by atoms with E-state index in [2.05, 4.69) is 10.1 Å². The number of hydrogen-bond donors (Lipinski definition) is 3. The summed E-state index contributed by atoms with van der Waals surface area (Å²) in [7, 11) is 1.21. The van der Waals surface area contributed by atoms with Crippen LogP contribution in [0.3, 0.4) is 0 Å². The van der Waals surface area contributed by atoms with Crippen LogP contribution in [0.2, 0.25) is 0 Å². The molecule has 0 aliphatic heterocycles. The van der Waals surface area contributed by atoms with Crippen LogP contribution in [0.5, 0.6) is 5.75 Å². The van der Waals surface area contributed by atoms with Gasteiger partial charge in [-0.05, 0) is 26.8 Å². The summed E-state index contributed by atoms with van der Waals surface area (Å²) in [4.78, 5) is 22.7. The molecule has 22 heavy (non-hydrogen) atoms. The van der Waals surface area contributed by atoms with E-state index in [0.717, 1.165) is 0 Å². The summed E-state index contributed by atoms with van der Waals surface area (Å²) in [6.45, 7) is 5.20. The van der Waals surface area contributed by atoms with Crippen molar-refractivity contribution >= 4 is 17.7 Å². The van der Waals surface area contributed by atoms with E-state index in [1.807, 2.05) is 0 Å². The fraction of sp³-hybridized carbons (Fsp3) is 0.467. The van der Waals surface area contributed by atoms with Crippen LogP contribution < -0.4 is 5.32 Å². The Bertz CT molecular complexity index is 549. The first-order valence-electron chi connectivity index (χ1n) is 6.70. The molecule has 3 N–H and O–H groups in total. The van der Waals surface area contributed by atoms with Gasteiger partial charge in [-0.1, -0.05) is 6.07 Å². The van der Waals surface area contributed by atoms with Crippen molar-refractivity contribution in [3.05, 3.63) is 23.8 Å². The Morgan fingerprint density at radius 3 is 2.45 bits per heavy atom. The molecule has 122 valence electrons. The number of aromatic hydroxyl groups is 1. The molecule has 0 radical (unpaired) electrons. The molecule has 0 fully saturated rings. The van der Waals surface area contributed by atoms with Gasteiger partial charge in [-0.2, -0.15) is 0 Å². The lowest BCUT2D eigenvalue weighted by atomic mass is 10.0. The highest BCUT2D eigenvalue weighted by Gasteiger charge is 2.19. The second-order valence-corrected chi connectivity index (χ2v) is 5.70. The van der Waals surface area contributed by atoms with Crippen molar-refractivity contribution in [2.45, 2.75) is 38.9 Å². The molecule has 1 amide bonds. The number of methoxy groups -OCH3 is 1. The summed E-state index contributed by atoms with van der Waals surface area (Å²) in [5.41, 5.74) is -0.163. The summed E-state index contributed by atoms with van der Waals surface area (Å²) in [5, 5.41) is 22.2. The maximum atomic E-state index is 11.6. The van der Waals surface area contributed by atoms with Crippen molar-refractivity contribution in [2.24, 2.45) is 0 Å². The van der Waals surface area contributed by atoms with E-state index < -0.39 is 23.8 Å². The average Bonchev–Trinajstić information content (AvgIpc) is 2.35. The zero-order valence-corrected chi connectivity index (χ0v) is 13.0. The predicted molar refractivity (Wildman–Crippen MR) is 79.6 cm³/mol. The van der Waals surface area contributed by atoms with Gasteiger partial charge in [0.1, 0.15) is 11.4 Å². The number of phenols is 1. The van der Waals surface area contributed by atoms with Crippen LogP contribution in [0.25, 0.3) is 0 Å². The van der Waals surface area contributed by atoms with Gasteiger partial charge in [0.05, 0.1) is 19.6 Å². The molecule has 0 aliphatic carbocycles. The van der Waals surface area contributed by atoms with Crippen LogP contribution in [0.1, 0.15) is 38.9 Å². The molecular weight excluding hydrogens is 290 g/mol. The molecule has 0 saturated heterocycles. The number of rotatable bonds is 4. The highest BCUT2D eigenvalue weighted by molar-refractivity contribution is 5.85. The van der Waals surface area contributed by atoms with Gasteiger partial charge < -0.3 is 19.7 Å². The zero-order valence-electron chi connectivity index (χ0n) is 13.0. The smallest absolute Gasteiger partial charge is 0.412 e. The van der Waals surface area contributed by atoms with Crippen molar-refractivity contribution in [2.75, 3.05) is 12.4 Å². The molecule has 1 aromatic carbocycles. The van der Waals surface area contributed by atoms with E-state index in [9.17, 15) is 19.8 Å². The monoisotopic (exact) mass is 311 g/mol. The second-order valence-electron chi connectivity index (χ2n) is 5.70. The average molecular weight is 311 g/mol. The van der Waals surface area contributed by atoms with E-state index in [0.29, 0.717) is 5.69 Å². The van der Waals surface area contributed by atoms with Crippen LogP contribution in [-0.2, 0) is 14.3 Å². The zero-order chi connectivity index (χ0) is 16.9. The normalized spacial score (nSPS) is 12.4. The number of amides is 1. The number of ether oxygens (including phenoxy) is 2. The quantitative estimate of drug-likeness (QED) is 0.737. The van der Waals surface area contributed by atoms with Gasteiger partial charge in [-0.15, -0.1) is 0 Å².